The molecule has 2 aromatic rings. The first-order valence-corrected chi connectivity index (χ1v) is 8.09. The highest BCUT2D eigenvalue weighted by Gasteiger charge is 2.23. The van der Waals surface area contributed by atoms with E-state index in [-0.39, 0.29) is 31.8 Å². The fourth-order valence-electron chi connectivity index (χ4n) is 2.31. The van der Waals surface area contributed by atoms with Crippen molar-refractivity contribution in [1.82, 2.24) is 0 Å². The maximum atomic E-state index is 8.67. The molecule has 0 aromatic heterocycles. The normalized spacial score (nSPS) is 11.4. The standard InChI is InChI=1S/C19H24O6/c1-19(2,15-3-7-17(8-4-15)24-22-13-11-20)16-5-9-18(10-6-16)25-23-14-12-21/h3-10,20-21H,11-14H2,1-2H3. The fraction of sp³-hybridized carbons (Fsp3) is 0.368. The van der Waals surface area contributed by atoms with Crippen molar-refractivity contribution >= 4 is 0 Å². The molecule has 0 amide bonds. The maximum Gasteiger partial charge on any atom is 0.165 e. The van der Waals surface area contributed by atoms with Gasteiger partial charge in [0.25, 0.3) is 0 Å². The minimum Gasteiger partial charge on any atom is -0.394 e. The minimum absolute atomic E-state index is 0.0874. The molecule has 0 unspecified atom stereocenters. The van der Waals surface area contributed by atoms with E-state index in [1.807, 2.05) is 48.5 Å². The lowest BCUT2D eigenvalue weighted by atomic mass is 9.78. The summed E-state index contributed by atoms with van der Waals surface area (Å²) >= 11 is 0. The van der Waals surface area contributed by atoms with Crippen LogP contribution < -0.4 is 9.78 Å². The van der Waals surface area contributed by atoms with Crippen molar-refractivity contribution < 1.29 is 29.8 Å². The molecule has 0 fully saturated rings. The smallest absolute Gasteiger partial charge is 0.165 e. The first-order chi connectivity index (χ1) is 12.1. The Hall–Kier alpha value is -2.12. The van der Waals surface area contributed by atoms with Gasteiger partial charge in [0.05, 0.1) is 13.2 Å². The van der Waals surface area contributed by atoms with Crippen molar-refractivity contribution in [2.45, 2.75) is 19.3 Å². The Morgan fingerprint density at radius 3 is 1.36 bits per heavy atom. The Bertz CT molecular complexity index is 566. The third-order valence-corrected chi connectivity index (χ3v) is 3.81. The highest BCUT2D eigenvalue weighted by atomic mass is 17.2. The summed E-state index contributed by atoms with van der Waals surface area (Å²) in [6.45, 7) is 4.34. The Balaban J connectivity index is 2.04. The zero-order chi connectivity index (χ0) is 18.1. The van der Waals surface area contributed by atoms with Crippen molar-refractivity contribution in [2.75, 3.05) is 26.4 Å². The van der Waals surface area contributed by atoms with Crippen LogP contribution in [0.2, 0.25) is 0 Å². The maximum absolute atomic E-state index is 8.67. The van der Waals surface area contributed by atoms with E-state index in [4.69, 9.17) is 29.8 Å². The van der Waals surface area contributed by atoms with Crippen molar-refractivity contribution in [3.63, 3.8) is 0 Å². The molecule has 0 spiro atoms. The zero-order valence-electron chi connectivity index (χ0n) is 14.5. The van der Waals surface area contributed by atoms with Gasteiger partial charge in [-0.2, -0.15) is 9.78 Å². The van der Waals surface area contributed by atoms with E-state index in [2.05, 4.69) is 13.8 Å². The van der Waals surface area contributed by atoms with Gasteiger partial charge in [0.1, 0.15) is 13.2 Å². The summed E-state index contributed by atoms with van der Waals surface area (Å²) < 4.78 is 0. The molecule has 25 heavy (non-hydrogen) atoms. The van der Waals surface area contributed by atoms with Gasteiger partial charge in [-0.3, -0.25) is 0 Å². The van der Waals surface area contributed by atoms with E-state index in [0.29, 0.717) is 11.5 Å². The molecule has 2 N–H and O–H groups in total. The van der Waals surface area contributed by atoms with E-state index < -0.39 is 0 Å². The molecule has 0 saturated carbocycles. The quantitative estimate of drug-likeness (QED) is 0.390. The van der Waals surface area contributed by atoms with Crippen LogP contribution in [0.1, 0.15) is 25.0 Å². The van der Waals surface area contributed by atoms with Gasteiger partial charge in [0, 0.05) is 5.41 Å². The summed E-state index contributed by atoms with van der Waals surface area (Å²) in [5.41, 5.74) is 2.02. The summed E-state index contributed by atoms with van der Waals surface area (Å²) in [5, 5.41) is 17.3. The second kappa shape index (κ2) is 9.39. The third-order valence-electron chi connectivity index (χ3n) is 3.81. The average Bonchev–Trinajstić information content (AvgIpc) is 2.63. The Kier molecular flexibility index (Phi) is 7.21. The minimum atomic E-state index is -0.213. The van der Waals surface area contributed by atoms with Gasteiger partial charge >= 0.3 is 0 Å². The highest BCUT2D eigenvalue weighted by Crippen LogP contribution is 2.33. The predicted octanol–water partition coefficient (Wildman–Crippen LogP) is 2.62. The molecule has 0 radical (unpaired) electrons. The van der Waals surface area contributed by atoms with Crippen molar-refractivity contribution in [2.24, 2.45) is 0 Å². The summed E-state index contributed by atoms with van der Waals surface area (Å²) in [6.07, 6.45) is 0. The molecular weight excluding hydrogens is 324 g/mol. The van der Waals surface area contributed by atoms with Crippen LogP contribution in [0.3, 0.4) is 0 Å². The summed E-state index contributed by atoms with van der Waals surface area (Å²) in [7, 11) is 0. The van der Waals surface area contributed by atoms with Gasteiger partial charge < -0.3 is 20.0 Å². The first-order valence-electron chi connectivity index (χ1n) is 8.09. The summed E-state index contributed by atoms with van der Waals surface area (Å²) in [4.78, 5) is 19.8. The predicted molar refractivity (Wildman–Crippen MR) is 92.3 cm³/mol. The van der Waals surface area contributed by atoms with Crippen molar-refractivity contribution in [3.8, 4) is 11.5 Å². The van der Waals surface area contributed by atoms with Crippen LogP contribution in [0.25, 0.3) is 0 Å². The number of benzene rings is 2. The van der Waals surface area contributed by atoms with Crippen LogP contribution in [-0.2, 0) is 15.2 Å². The molecule has 0 bridgehead atoms. The first kappa shape index (κ1) is 19.2. The monoisotopic (exact) mass is 348 g/mol. The molecule has 6 nitrogen and oxygen atoms in total. The lowest BCUT2D eigenvalue weighted by molar-refractivity contribution is -0.212. The number of aliphatic hydroxyl groups is 2. The Morgan fingerprint density at radius 2 is 1.04 bits per heavy atom. The molecule has 0 aliphatic heterocycles. The third kappa shape index (κ3) is 5.44. The van der Waals surface area contributed by atoms with E-state index in [1.54, 1.807) is 0 Å². The molecule has 0 heterocycles. The second-order valence-electron chi connectivity index (χ2n) is 5.93. The van der Waals surface area contributed by atoms with Crippen LogP contribution in [0.4, 0.5) is 0 Å². The van der Waals surface area contributed by atoms with Gasteiger partial charge in [-0.1, -0.05) is 38.1 Å². The molecular formula is C19H24O6. The molecule has 0 atom stereocenters. The molecule has 0 aliphatic rings. The van der Waals surface area contributed by atoms with Crippen LogP contribution in [0.15, 0.2) is 48.5 Å². The van der Waals surface area contributed by atoms with E-state index in [0.717, 1.165) is 11.1 Å². The molecule has 2 aromatic carbocycles. The molecule has 0 saturated heterocycles. The van der Waals surface area contributed by atoms with Crippen LogP contribution in [0, 0.1) is 0 Å². The SMILES string of the molecule is CC(C)(c1ccc(OOCCO)cc1)c1ccc(OOCCO)cc1. The molecule has 2 rings (SSSR count). The van der Waals surface area contributed by atoms with Crippen LogP contribution >= 0.6 is 0 Å². The highest BCUT2D eigenvalue weighted by molar-refractivity contribution is 5.41. The van der Waals surface area contributed by atoms with Crippen molar-refractivity contribution in [1.29, 1.82) is 0 Å². The topological polar surface area (TPSA) is 77.4 Å². The Morgan fingerprint density at radius 1 is 0.680 bits per heavy atom. The van der Waals surface area contributed by atoms with Crippen molar-refractivity contribution in [3.05, 3.63) is 59.7 Å². The molecule has 0 aliphatic carbocycles. The van der Waals surface area contributed by atoms with E-state index in [1.165, 1.54) is 0 Å². The van der Waals surface area contributed by atoms with Gasteiger partial charge in [0.15, 0.2) is 11.5 Å². The number of hydrogen-bond acceptors (Lipinski definition) is 6. The van der Waals surface area contributed by atoms with Gasteiger partial charge in [-0.15, -0.1) is 0 Å². The van der Waals surface area contributed by atoms with E-state index in [9.17, 15) is 0 Å². The largest absolute Gasteiger partial charge is 0.394 e. The molecule has 6 heteroatoms. The Labute approximate surface area is 147 Å². The summed E-state index contributed by atoms with van der Waals surface area (Å²) in [5.74, 6) is 1.16. The van der Waals surface area contributed by atoms with Crippen LogP contribution in [-0.4, -0.2) is 36.6 Å². The van der Waals surface area contributed by atoms with Gasteiger partial charge in [-0.05, 0) is 35.4 Å². The molecule has 136 valence electrons. The van der Waals surface area contributed by atoms with E-state index >= 15 is 0 Å². The number of hydrogen-bond donors (Lipinski definition) is 2. The average molecular weight is 348 g/mol. The lowest BCUT2D eigenvalue weighted by Gasteiger charge is -2.26. The van der Waals surface area contributed by atoms with Crippen LogP contribution in [0.5, 0.6) is 11.5 Å². The zero-order valence-corrected chi connectivity index (χ0v) is 14.5. The van der Waals surface area contributed by atoms with Gasteiger partial charge in [0.2, 0.25) is 0 Å². The second-order valence-corrected chi connectivity index (χ2v) is 5.93. The van der Waals surface area contributed by atoms with Gasteiger partial charge in [-0.25, -0.2) is 0 Å². The fourth-order valence-corrected chi connectivity index (χ4v) is 2.31. The number of aliphatic hydroxyl groups excluding tert-OH is 2. The summed E-state index contributed by atoms with van der Waals surface area (Å²) in [6, 6.07) is 15.2. The lowest BCUT2D eigenvalue weighted by Crippen LogP contribution is -2.18. The number of rotatable bonds is 10.